The molecule has 7 heteroatoms. The zero-order valence-electron chi connectivity index (χ0n) is 13.8. The molecular formula is C18H18F3NO3. The summed E-state index contributed by atoms with van der Waals surface area (Å²) in [5, 5.41) is 2.59. The second-order valence-electron chi connectivity index (χ2n) is 5.28. The van der Waals surface area contributed by atoms with Crippen molar-refractivity contribution in [2.24, 2.45) is 0 Å². The van der Waals surface area contributed by atoms with Gasteiger partial charge in [-0.05, 0) is 49.2 Å². The summed E-state index contributed by atoms with van der Waals surface area (Å²) in [6.07, 6.45) is -4.75. The second-order valence-corrected chi connectivity index (χ2v) is 5.28. The molecule has 0 heterocycles. The maximum atomic E-state index is 12.2. The minimum Gasteiger partial charge on any atom is -0.481 e. The average Bonchev–Trinajstić information content (AvgIpc) is 2.55. The number of carbonyl (C=O) groups is 1. The van der Waals surface area contributed by atoms with Crippen molar-refractivity contribution >= 4 is 11.6 Å². The highest BCUT2D eigenvalue weighted by molar-refractivity contribution is 5.94. The summed E-state index contributed by atoms with van der Waals surface area (Å²) in [6, 6.07) is 12.3. The van der Waals surface area contributed by atoms with Gasteiger partial charge in [-0.3, -0.25) is 4.79 Å². The van der Waals surface area contributed by atoms with Crippen LogP contribution in [-0.4, -0.2) is 18.4 Å². The van der Waals surface area contributed by atoms with E-state index in [0.29, 0.717) is 11.4 Å². The van der Waals surface area contributed by atoms with Crippen LogP contribution >= 0.6 is 0 Å². The van der Waals surface area contributed by atoms with Crippen LogP contribution in [0.1, 0.15) is 19.4 Å². The molecule has 0 bridgehead atoms. The lowest BCUT2D eigenvalue weighted by Crippen LogP contribution is -2.30. The molecule has 0 saturated carbocycles. The molecule has 0 aliphatic heterocycles. The van der Waals surface area contributed by atoms with Gasteiger partial charge in [-0.25, -0.2) is 0 Å². The van der Waals surface area contributed by atoms with Crippen LogP contribution in [0.2, 0.25) is 0 Å². The van der Waals surface area contributed by atoms with E-state index in [2.05, 4.69) is 10.1 Å². The van der Waals surface area contributed by atoms with Gasteiger partial charge >= 0.3 is 6.36 Å². The van der Waals surface area contributed by atoms with Crippen LogP contribution in [0.15, 0.2) is 48.5 Å². The van der Waals surface area contributed by atoms with Crippen molar-refractivity contribution in [2.45, 2.75) is 32.7 Å². The molecule has 0 aromatic heterocycles. The Bertz CT molecular complexity index is 714. The number of carbonyl (C=O) groups excluding carboxylic acids is 1. The van der Waals surface area contributed by atoms with Crippen molar-refractivity contribution in [1.82, 2.24) is 0 Å². The van der Waals surface area contributed by atoms with E-state index in [9.17, 15) is 18.0 Å². The quantitative estimate of drug-likeness (QED) is 0.829. The van der Waals surface area contributed by atoms with Crippen molar-refractivity contribution in [3.05, 3.63) is 54.1 Å². The molecule has 0 aliphatic carbocycles. The first-order valence-corrected chi connectivity index (χ1v) is 7.69. The highest BCUT2D eigenvalue weighted by atomic mass is 19.4. The van der Waals surface area contributed by atoms with Crippen LogP contribution in [0.25, 0.3) is 0 Å². The average molecular weight is 353 g/mol. The number of benzene rings is 2. The van der Waals surface area contributed by atoms with Crippen LogP contribution in [0.5, 0.6) is 11.5 Å². The summed E-state index contributed by atoms with van der Waals surface area (Å²) >= 11 is 0. The van der Waals surface area contributed by atoms with Gasteiger partial charge in [0.2, 0.25) is 0 Å². The lowest BCUT2D eigenvalue weighted by atomic mass is 10.1. The molecule has 0 unspecified atom stereocenters. The molecule has 25 heavy (non-hydrogen) atoms. The summed E-state index contributed by atoms with van der Waals surface area (Å²) in [4.78, 5) is 12.2. The van der Waals surface area contributed by atoms with E-state index in [1.165, 1.54) is 12.1 Å². The van der Waals surface area contributed by atoms with Crippen LogP contribution in [-0.2, 0) is 11.2 Å². The van der Waals surface area contributed by atoms with Crippen molar-refractivity contribution in [3.63, 3.8) is 0 Å². The number of alkyl halides is 3. The maximum absolute atomic E-state index is 12.2. The van der Waals surface area contributed by atoms with E-state index in [4.69, 9.17) is 4.74 Å². The van der Waals surface area contributed by atoms with Gasteiger partial charge in [-0.2, -0.15) is 0 Å². The summed E-state index contributed by atoms with van der Waals surface area (Å²) in [6.45, 7) is 3.58. The Morgan fingerprint density at radius 2 is 1.76 bits per heavy atom. The highest BCUT2D eigenvalue weighted by Crippen LogP contribution is 2.24. The first-order chi connectivity index (χ1) is 11.8. The molecule has 2 aromatic carbocycles. The molecule has 134 valence electrons. The fraction of sp³-hybridized carbons (Fsp3) is 0.278. The largest absolute Gasteiger partial charge is 0.573 e. The van der Waals surface area contributed by atoms with Gasteiger partial charge in [-0.15, -0.1) is 13.2 Å². The maximum Gasteiger partial charge on any atom is 0.573 e. The number of aryl methyl sites for hydroxylation is 1. The van der Waals surface area contributed by atoms with Gasteiger partial charge < -0.3 is 14.8 Å². The fourth-order valence-electron chi connectivity index (χ4n) is 2.14. The Kier molecular flexibility index (Phi) is 5.90. The molecule has 0 spiro atoms. The Balaban J connectivity index is 1.97. The predicted octanol–water partition coefficient (Wildman–Crippen LogP) is 4.55. The Morgan fingerprint density at radius 3 is 2.36 bits per heavy atom. The summed E-state index contributed by atoms with van der Waals surface area (Å²) in [5.41, 5.74) is 1.33. The molecule has 1 atom stereocenters. The van der Waals surface area contributed by atoms with Gasteiger partial charge in [-0.1, -0.05) is 25.1 Å². The third-order valence-corrected chi connectivity index (χ3v) is 3.38. The summed E-state index contributed by atoms with van der Waals surface area (Å²) in [5.74, 6) is -0.136. The van der Waals surface area contributed by atoms with Crippen molar-refractivity contribution in [3.8, 4) is 11.5 Å². The van der Waals surface area contributed by atoms with E-state index >= 15 is 0 Å². The van der Waals surface area contributed by atoms with Crippen molar-refractivity contribution in [2.75, 3.05) is 5.32 Å². The monoisotopic (exact) mass is 353 g/mol. The Morgan fingerprint density at radius 1 is 1.12 bits per heavy atom. The number of amides is 1. The third kappa shape index (κ3) is 5.70. The molecule has 2 aromatic rings. The lowest BCUT2D eigenvalue weighted by Gasteiger charge is -2.17. The lowest BCUT2D eigenvalue weighted by molar-refractivity contribution is -0.274. The van der Waals surface area contributed by atoms with Crippen molar-refractivity contribution in [1.29, 1.82) is 0 Å². The molecule has 0 fully saturated rings. The molecule has 0 aliphatic rings. The Labute approximate surface area is 143 Å². The topological polar surface area (TPSA) is 47.6 Å². The standard InChI is InChI=1S/C18H18F3NO3/c1-3-13-6-4-5-7-16(13)24-12(2)17(23)22-14-8-10-15(11-9-14)25-18(19,20)21/h4-12H,3H2,1-2H3,(H,22,23)/t12-/m0/s1. The summed E-state index contributed by atoms with van der Waals surface area (Å²) < 4.78 is 45.8. The summed E-state index contributed by atoms with van der Waals surface area (Å²) in [7, 11) is 0. The number of nitrogens with one attached hydrogen (secondary N) is 1. The van der Waals surface area contributed by atoms with Gasteiger partial charge in [0, 0.05) is 5.69 Å². The van der Waals surface area contributed by atoms with E-state index in [0.717, 1.165) is 24.1 Å². The van der Waals surface area contributed by atoms with E-state index in [1.54, 1.807) is 13.0 Å². The SMILES string of the molecule is CCc1ccccc1O[C@@H](C)C(=O)Nc1ccc(OC(F)(F)F)cc1. The zero-order valence-corrected chi connectivity index (χ0v) is 13.8. The minimum atomic E-state index is -4.75. The fourth-order valence-corrected chi connectivity index (χ4v) is 2.14. The van der Waals surface area contributed by atoms with Gasteiger partial charge in [0.1, 0.15) is 11.5 Å². The number of halogens is 3. The smallest absolute Gasteiger partial charge is 0.481 e. The molecule has 2 rings (SSSR count). The van der Waals surface area contributed by atoms with E-state index < -0.39 is 18.4 Å². The third-order valence-electron chi connectivity index (χ3n) is 3.38. The number of hydrogen-bond donors (Lipinski definition) is 1. The molecule has 0 radical (unpaired) electrons. The first kappa shape index (κ1) is 18.6. The van der Waals surface area contributed by atoms with E-state index in [1.807, 2.05) is 25.1 Å². The van der Waals surface area contributed by atoms with Crippen LogP contribution in [0.4, 0.5) is 18.9 Å². The van der Waals surface area contributed by atoms with Gasteiger partial charge in [0.05, 0.1) is 0 Å². The van der Waals surface area contributed by atoms with E-state index in [-0.39, 0.29) is 5.75 Å². The molecule has 1 N–H and O–H groups in total. The Hall–Kier alpha value is -2.70. The second kappa shape index (κ2) is 7.92. The van der Waals surface area contributed by atoms with Crippen LogP contribution in [0, 0.1) is 0 Å². The minimum absolute atomic E-state index is 0.346. The first-order valence-electron chi connectivity index (χ1n) is 7.69. The molecule has 1 amide bonds. The van der Waals surface area contributed by atoms with Crippen LogP contribution < -0.4 is 14.8 Å². The molecular weight excluding hydrogens is 335 g/mol. The van der Waals surface area contributed by atoms with Crippen LogP contribution in [0.3, 0.4) is 0 Å². The predicted molar refractivity (Wildman–Crippen MR) is 87.7 cm³/mol. The van der Waals surface area contributed by atoms with Crippen molar-refractivity contribution < 1.29 is 27.4 Å². The number of hydrogen-bond acceptors (Lipinski definition) is 3. The number of anilines is 1. The van der Waals surface area contributed by atoms with Gasteiger partial charge in [0.15, 0.2) is 6.10 Å². The normalized spacial score (nSPS) is 12.4. The molecule has 0 saturated heterocycles. The van der Waals surface area contributed by atoms with Gasteiger partial charge in [0.25, 0.3) is 5.91 Å². The number of para-hydroxylation sites is 1. The zero-order chi connectivity index (χ0) is 18.4. The highest BCUT2D eigenvalue weighted by Gasteiger charge is 2.31. The number of rotatable bonds is 6. The number of ether oxygens (including phenoxy) is 2. The molecule has 4 nitrogen and oxygen atoms in total.